The molecule has 0 unspecified atom stereocenters. The fourth-order valence-corrected chi connectivity index (χ4v) is 1.08. The van der Waals surface area contributed by atoms with Gasteiger partial charge in [-0.05, 0) is 37.0 Å². The second-order valence-corrected chi connectivity index (χ2v) is 3.40. The summed E-state index contributed by atoms with van der Waals surface area (Å²) >= 11 is 0. The van der Waals surface area contributed by atoms with E-state index in [4.69, 9.17) is 5.73 Å². The van der Waals surface area contributed by atoms with Crippen molar-refractivity contribution in [3.8, 4) is 0 Å². The average molecular weight is 179 g/mol. The molecule has 13 heavy (non-hydrogen) atoms. The normalized spacial score (nSPS) is 14.5. The van der Waals surface area contributed by atoms with Crippen molar-refractivity contribution in [3.63, 3.8) is 0 Å². The van der Waals surface area contributed by atoms with Gasteiger partial charge in [-0.25, -0.2) is 0 Å². The van der Waals surface area contributed by atoms with E-state index in [9.17, 15) is 0 Å². The Hall–Kier alpha value is -0.980. The van der Waals surface area contributed by atoms with Crippen molar-refractivity contribution in [1.29, 1.82) is 0 Å². The molecule has 0 aromatic heterocycles. The summed E-state index contributed by atoms with van der Waals surface area (Å²) in [5.74, 6) is 0.540. The van der Waals surface area contributed by atoms with Gasteiger partial charge in [0, 0.05) is 5.70 Å². The van der Waals surface area contributed by atoms with Crippen LogP contribution in [0.4, 0.5) is 0 Å². The minimum Gasteiger partial charge on any atom is -0.399 e. The predicted octanol–water partition coefficient (Wildman–Crippen LogP) is 3.40. The largest absolute Gasteiger partial charge is 0.399 e. The zero-order valence-corrected chi connectivity index (χ0v) is 9.17. The van der Waals surface area contributed by atoms with E-state index in [0.29, 0.717) is 5.92 Å². The second-order valence-electron chi connectivity index (χ2n) is 3.40. The summed E-state index contributed by atoms with van der Waals surface area (Å²) in [5.41, 5.74) is 7.93. The topological polar surface area (TPSA) is 26.0 Å². The van der Waals surface area contributed by atoms with Crippen LogP contribution < -0.4 is 5.73 Å². The molecule has 0 rings (SSSR count). The Balaban J connectivity index is 4.44. The standard InChI is InChI=1S/C12H21N/c1-5-7-8-12(13)9-11(6-2)10(3)4/h6-10H,5,13H2,1-4H3/b8-7+,11-6+,12-9+. The van der Waals surface area contributed by atoms with Crippen molar-refractivity contribution in [2.24, 2.45) is 11.7 Å². The molecule has 0 amide bonds. The molecule has 1 nitrogen and oxygen atoms in total. The Bertz CT molecular complexity index is 219. The van der Waals surface area contributed by atoms with Crippen molar-refractivity contribution in [2.75, 3.05) is 0 Å². The average Bonchev–Trinajstić information content (AvgIpc) is 2.10. The van der Waals surface area contributed by atoms with E-state index in [-0.39, 0.29) is 0 Å². The Labute approximate surface area is 82.0 Å². The summed E-state index contributed by atoms with van der Waals surface area (Å²) in [5, 5.41) is 0. The van der Waals surface area contributed by atoms with Crippen molar-refractivity contribution < 1.29 is 0 Å². The van der Waals surface area contributed by atoms with Crippen LogP contribution in [0.3, 0.4) is 0 Å². The number of allylic oxidation sites excluding steroid dienone is 5. The predicted molar refractivity (Wildman–Crippen MR) is 60.3 cm³/mol. The summed E-state index contributed by atoms with van der Waals surface area (Å²) in [4.78, 5) is 0. The number of hydrogen-bond acceptors (Lipinski definition) is 1. The van der Waals surface area contributed by atoms with Crippen LogP contribution in [0.25, 0.3) is 0 Å². The number of rotatable bonds is 4. The monoisotopic (exact) mass is 179 g/mol. The van der Waals surface area contributed by atoms with Gasteiger partial charge in [0.05, 0.1) is 0 Å². The van der Waals surface area contributed by atoms with Gasteiger partial charge in [-0.3, -0.25) is 0 Å². The minimum absolute atomic E-state index is 0.540. The van der Waals surface area contributed by atoms with E-state index in [2.05, 4.69) is 32.9 Å². The second kappa shape index (κ2) is 6.53. The Morgan fingerprint density at radius 2 is 2.00 bits per heavy atom. The lowest BCUT2D eigenvalue weighted by atomic mass is 10.0. The molecule has 0 saturated carbocycles. The maximum absolute atomic E-state index is 5.81. The van der Waals surface area contributed by atoms with Gasteiger partial charge in [0.2, 0.25) is 0 Å². The zero-order valence-electron chi connectivity index (χ0n) is 9.17. The maximum Gasteiger partial charge on any atom is 0.0313 e. The quantitative estimate of drug-likeness (QED) is 0.658. The lowest BCUT2D eigenvalue weighted by molar-refractivity contribution is 0.788. The zero-order chi connectivity index (χ0) is 10.3. The molecule has 0 saturated heterocycles. The molecule has 0 aliphatic rings. The number of hydrogen-bond donors (Lipinski definition) is 1. The molecular formula is C12H21N. The lowest BCUT2D eigenvalue weighted by Gasteiger charge is -2.05. The van der Waals surface area contributed by atoms with Crippen LogP contribution in [0.1, 0.15) is 34.1 Å². The molecule has 0 aromatic carbocycles. The van der Waals surface area contributed by atoms with Crippen molar-refractivity contribution in [1.82, 2.24) is 0 Å². The highest BCUT2D eigenvalue weighted by molar-refractivity contribution is 5.28. The fraction of sp³-hybridized carbons (Fsp3) is 0.500. The number of nitrogens with two attached hydrogens (primary N) is 1. The van der Waals surface area contributed by atoms with E-state index in [1.54, 1.807) is 0 Å². The SMILES string of the molecule is C\C=C(/C=C(N)\C=C\CC)C(C)C. The molecule has 0 aliphatic heterocycles. The summed E-state index contributed by atoms with van der Waals surface area (Å²) in [7, 11) is 0. The molecule has 0 spiro atoms. The first-order valence-corrected chi connectivity index (χ1v) is 4.91. The molecule has 0 bridgehead atoms. The van der Waals surface area contributed by atoms with Crippen LogP contribution in [0.2, 0.25) is 0 Å². The fourth-order valence-electron chi connectivity index (χ4n) is 1.08. The van der Waals surface area contributed by atoms with Crippen LogP contribution >= 0.6 is 0 Å². The van der Waals surface area contributed by atoms with E-state index >= 15 is 0 Å². The van der Waals surface area contributed by atoms with Gasteiger partial charge < -0.3 is 5.73 Å². The molecule has 0 heterocycles. The third kappa shape index (κ3) is 5.29. The van der Waals surface area contributed by atoms with Gasteiger partial charge in [0.1, 0.15) is 0 Å². The van der Waals surface area contributed by atoms with Crippen LogP contribution in [0, 0.1) is 5.92 Å². The molecule has 0 aliphatic carbocycles. The smallest absolute Gasteiger partial charge is 0.0313 e. The van der Waals surface area contributed by atoms with E-state index < -0.39 is 0 Å². The highest BCUT2D eigenvalue weighted by Crippen LogP contribution is 2.11. The molecule has 0 fully saturated rings. The van der Waals surface area contributed by atoms with Gasteiger partial charge >= 0.3 is 0 Å². The van der Waals surface area contributed by atoms with Crippen LogP contribution in [0.15, 0.2) is 35.6 Å². The summed E-state index contributed by atoms with van der Waals surface area (Å²) in [6, 6.07) is 0. The Morgan fingerprint density at radius 3 is 2.38 bits per heavy atom. The summed E-state index contributed by atoms with van der Waals surface area (Å²) in [6.45, 7) is 8.48. The molecule has 0 atom stereocenters. The first-order chi connectivity index (χ1) is 6.11. The first kappa shape index (κ1) is 12.0. The first-order valence-electron chi connectivity index (χ1n) is 4.91. The van der Waals surface area contributed by atoms with E-state index in [1.807, 2.05) is 19.1 Å². The minimum atomic E-state index is 0.540. The van der Waals surface area contributed by atoms with Crippen LogP contribution in [-0.2, 0) is 0 Å². The molecule has 1 heteroatoms. The Kier molecular flexibility index (Phi) is 6.03. The summed E-state index contributed by atoms with van der Waals surface area (Å²) < 4.78 is 0. The van der Waals surface area contributed by atoms with Gasteiger partial charge in [-0.2, -0.15) is 0 Å². The van der Waals surface area contributed by atoms with Crippen molar-refractivity contribution in [3.05, 3.63) is 35.6 Å². The summed E-state index contributed by atoms with van der Waals surface area (Å²) in [6.07, 6.45) is 9.21. The van der Waals surface area contributed by atoms with Gasteiger partial charge in [0.15, 0.2) is 0 Å². The van der Waals surface area contributed by atoms with E-state index in [0.717, 1.165) is 12.1 Å². The molecule has 0 aromatic rings. The third-order valence-electron chi connectivity index (χ3n) is 1.88. The highest BCUT2D eigenvalue weighted by atomic mass is 14.6. The van der Waals surface area contributed by atoms with Gasteiger partial charge in [-0.1, -0.05) is 32.9 Å². The third-order valence-corrected chi connectivity index (χ3v) is 1.88. The lowest BCUT2D eigenvalue weighted by Crippen LogP contribution is -1.97. The van der Waals surface area contributed by atoms with Crippen molar-refractivity contribution >= 4 is 0 Å². The highest BCUT2D eigenvalue weighted by Gasteiger charge is 1.97. The molecule has 74 valence electrons. The molecule has 2 N–H and O–H groups in total. The van der Waals surface area contributed by atoms with Gasteiger partial charge in [0.25, 0.3) is 0 Å². The molecule has 0 radical (unpaired) electrons. The maximum atomic E-state index is 5.81. The van der Waals surface area contributed by atoms with E-state index in [1.165, 1.54) is 5.57 Å². The van der Waals surface area contributed by atoms with Crippen LogP contribution in [0.5, 0.6) is 0 Å². The van der Waals surface area contributed by atoms with Crippen molar-refractivity contribution in [2.45, 2.75) is 34.1 Å². The Morgan fingerprint density at radius 1 is 1.38 bits per heavy atom. The van der Waals surface area contributed by atoms with Gasteiger partial charge in [-0.15, -0.1) is 0 Å². The van der Waals surface area contributed by atoms with Crippen LogP contribution in [-0.4, -0.2) is 0 Å². The molecular weight excluding hydrogens is 158 g/mol.